The number of nitro groups is 1. The molecule has 0 radical (unpaired) electrons. The molecule has 0 heterocycles. The summed E-state index contributed by atoms with van der Waals surface area (Å²) in [7, 11) is 0. The first-order chi connectivity index (χ1) is 7.95. The van der Waals surface area contributed by atoms with E-state index in [9.17, 15) is 14.9 Å². The highest BCUT2D eigenvalue weighted by Gasteiger charge is 2.15. The van der Waals surface area contributed by atoms with Crippen LogP contribution >= 0.6 is 0 Å². The van der Waals surface area contributed by atoms with E-state index in [1.54, 1.807) is 0 Å². The van der Waals surface area contributed by atoms with Crippen LogP contribution in [0.15, 0.2) is 18.2 Å². The maximum absolute atomic E-state index is 10.6. The van der Waals surface area contributed by atoms with Crippen molar-refractivity contribution in [2.24, 2.45) is 0 Å². The number of carboxylic acids is 1. The molecule has 0 aliphatic heterocycles. The molecule has 17 heavy (non-hydrogen) atoms. The van der Waals surface area contributed by atoms with Crippen molar-refractivity contribution in [3.63, 3.8) is 0 Å². The molecule has 0 spiro atoms. The molecule has 1 atom stereocenters. The fourth-order valence-corrected chi connectivity index (χ4v) is 1.16. The lowest BCUT2D eigenvalue weighted by Gasteiger charge is -2.11. The zero-order valence-electron chi connectivity index (χ0n) is 8.88. The van der Waals surface area contributed by atoms with Crippen molar-refractivity contribution in [2.45, 2.75) is 13.0 Å². The number of rotatable bonds is 4. The fraction of sp³-hybridized carbons (Fsp3) is 0.200. The summed E-state index contributed by atoms with van der Waals surface area (Å²) in [6, 6.07) is 4.49. The Labute approximate surface area is 96.4 Å². The Bertz CT molecular complexity index is 507. The predicted octanol–water partition coefficient (Wildman–Crippen LogP) is 1.35. The van der Waals surface area contributed by atoms with Gasteiger partial charge in [0.25, 0.3) is 5.69 Å². The molecule has 1 rings (SSSR count). The molecule has 88 valence electrons. The maximum atomic E-state index is 10.6. The van der Waals surface area contributed by atoms with Crippen LogP contribution in [-0.4, -0.2) is 22.0 Å². The molecule has 0 aliphatic carbocycles. The number of carboxylic acid groups (broad SMARTS) is 1. The lowest BCUT2D eigenvalue weighted by atomic mass is 10.1. The van der Waals surface area contributed by atoms with Gasteiger partial charge in [-0.3, -0.25) is 14.9 Å². The third kappa shape index (κ3) is 2.92. The molecule has 7 nitrogen and oxygen atoms in total. The van der Waals surface area contributed by atoms with Crippen LogP contribution in [0.2, 0.25) is 0 Å². The van der Waals surface area contributed by atoms with Crippen molar-refractivity contribution >= 4 is 17.3 Å². The summed E-state index contributed by atoms with van der Waals surface area (Å²) in [5.74, 6) is -1.11. The molecule has 0 aromatic heterocycles. The van der Waals surface area contributed by atoms with Crippen molar-refractivity contribution in [1.29, 1.82) is 5.26 Å². The second kappa shape index (κ2) is 4.94. The largest absolute Gasteiger partial charge is 0.480 e. The van der Waals surface area contributed by atoms with E-state index in [4.69, 9.17) is 10.4 Å². The predicted molar refractivity (Wildman–Crippen MR) is 58.5 cm³/mol. The Morgan fingerprint density at radius 3 is 2.76 bits per heavy atom. The van der Waals surface area contributed by atoms with Gasteiger partial charge in [-0.2, -0.15) is 5.26 Å². The number of nitro benzene ring substituents is 1. The molecule has 1 aromatic carbocycles. The molecule has 2 N–H and O–H groups in total. The molecule has 0 fully saturated rings. The Hall–Kier alpha value is -2.62. The number of non-ortho nitro benzene ring substituents is 1. The number of nitriles is 1. The van der Waals surface area contributed by atoms with E-state index in [-0.39, 0.29) is 16.9 Å². The number of nitrogens with zero attached hydrogens (tertiary/aromatic N) is 2. The van der Waals surface area contributed by atoms with Crippen molar-refractivity contribution in [1.82, 2.24) is 0 Å². The molecule has 1 unspecified atom stereocenters. The summed E-state index contributed by atoms with van der Waals surface area (Å²) < 4.78 is 0. The van der Waals surface area contributed by atoms with Crippen LogP contribution in [0.3, 0.4) is 0 Å². The topological polar surface area (TPSA) is 116 Å². The molecular weight excluding hydrogens is 226 g/mol. The molecule has 7 heteroatoms. The minimum atomic E-state index is -1.11. The Balaban J connectivity index is 3.11. The highest BCUT2D eigenvalue weighted by molar-refractivity contribution is 5.78. The van der Waals surface area contributed by atoms with Gasteiger partial charge >= 0.3 is 5.97 Å². The number of hydrogen-bond acceptors (Lipinski definition) is 5. The van der Waals surface area contributed by atoms with Crippen LogP contribution in [-0.2, 0) is 4.79 Å². The zero-order valence-corrected chi connectivity index (χ0v) is 8.88. The molecule has 0 amide bonds. The van der Waals surface area contributed by atoms with Crippen LogP contribution in [0.5, 0.6) is 0 Å². The average molecular weight is 235 g/mol. The Morgan fingerprint density at radius 2 is 2.29 bits per heavy atom. The van der Waals surface area contributed by atoms with E-state index < -0.39 is 16.9 Å². The van der Waals surface area contributed by atoms with Crippen molar-refractivity contribution < 1.29 is 14.8 Å². The lowest BCUT2D eigenvalue weighted by Crippen LogP contribution is -2.25. The van der Waals surface area contributed by atoms with Gasteiger partial charge in [-0.05, 0) is 13.0 Å². The van der Waals surface area contributed by atoms with Gasteiger partial charge in [0.15, 0.2) is 0 Å². The number of nitrogens with one attached hydrogen (secondary N) is 1. The summed E-state index contributed by atoms with van der Waals surface area (Å²) in [4.78, 5) is 20.6. The highest BCUT2D eigenvalue weighted by atomic mass is 16.6. The third-order valence-corrected chi connectivity index (χ3v) is 2.08. The maximum Gasteiger partial charge on any atom is 0.325 e. The molecule has 0 saturated carbocycles. The lowest BCUT2D eigenvalue weighted by molar-refractivity contribution is -0.384. The van der Waals surface area contributed by atoms with E-state index >= 15 is 0 Å². The van der Waals surface area contributed by atoms with Gasteiger partial charge in [0.1, 0.15) is 12.1 Å². The van der Waals surface area contributed by atoms with E-state index in [1.807, 2.05) is 6.07 Å². The van der Waals surface area contributed by atoms with Crippen LogP contribution in [0.25, 0.3) is 0 Å². The fourth-order valence-electron chi connectivity index (χ4n) is 1.16. The Morgan fingerprint density at radius 1 is 1.65 bits per heavy atom. The zero-order chi connectivity index (χ0) is 13.0. The van der Waals surface area contributed by atoms with Crippen LogP contribution < -0.4 is 5.32 Å². The van der Waals surface area contributed by atoms with Gasteiger partial charge in [-0.25, -0.2) is 0 Å². The minimum absolute atomic E-state index is 0.136. The molecule has 1 aromatic rings. The first kappa shape index (κ1) is 12.4. The quantitative estimate of drug-likeness (QED) is 0.601. The molecule has 0 saturated heterocycles. The Kier molecular flexibility index (Phi) is 3.62. The third-order valence-electron chi connectivity index (χ3n) is 2.08. The van der Waals surface area contributed by atoms with E-state index in [0.29, 0.717) is 0 Å². The van der Waals surface area contributed by atoms with E-state index in [0.717, 1.165) is 6.07 Å². The monoisotopic (exact) mass is 235 g/mol. The number of benzene rings is 1. The summed E-state index contributed by atoms with van der Waals surface area (Å²) in [6.07, 6.45) is 0. The second-order valence-corrected chi connectivity index (χ2v) is 3.30. The van der Waals surface area contributed by atoms with Crippen LogP contribution in [0.1, 0.15) is 12.5 Å². The number of aliphatic carboxylic acids is 1. The minimum Gasteiger partial charge on any atom is -0.480 e. The first-order valence-corrected chi connectivity index (χ1v) is 4.63. The van der Waals surface area contributed by atoms with Crippen LogP contribution in [0, 0.1) is 21.4 Å². The van der Waals surface area contributed by atoms with E-state index in [1.165, 1.54) is 19.1 Å². The van der Waals surface area contributed by atoms with Gasteiger partial charge < -0.3 is 10.4 Å². The highest BCUT2D eigenvalue weighted by Crippen LogP contribution is 2.22. The van der Waals surface area contributed by atoms with E-state index in [2.05, 4.69) is 5.32 Å². The van der Waals surface area contributed by atoms with Crippen molar-refractivity contribution in [3.8, 4) is 6.07 Å². The standard InChI is InChI=1S/C10H9N3O4/c1-6(10(14)15)12-9-4-8(13(16)17)3-2-7(9)5-11/h2-4,6,12H,1H3,(H,14,15). The number of anilines is 1. The number of carbonyl (C=O) groups is 1. The molecule has 0 bridgehead atoms. The van der Waals surface area contributed by atoms with Gasteiger partial charge in [0, 0.05) is 12.1 Å². The van der Waals surface area contributed by atoms with Gasteiger partial charge in [-0.1, -0.05) is 0 Å². The smallest absolute Gasteiger partial charge is 0.325 e. The van der Waals surface area contributed by atoms with Gasteiger partial charge in [0.2, 0.25) is 0 Å². The summed E-state index contributed by atoms with van der Waals surface area (Å²) in [5, 5.41) is 30.6. The second-order valence-electron chi connectivity index (χ2n) is 3.30. The van der Waals surface area contributed by atoms with Gasteiger partial charge in [0.05, 0.1) is 16.2 Å². The summed E-state index contributed by atoms with van der Waals surface area (Å²) in [6.45, 7) is 1.38. The number of hydrogen-bond donors (Lipinski definition) is 2. The average Bonchev–Trinajstić information content (AvgIpc) is 2.28. The molecular formula is C10H9N3O4. The van der Waals surface area contributed by atoms with Crippen molar-refractivity contribution in [3.05, 3.63) is 33.9 Å². The van der Waals surface area contributed by atoms with Crippen molar-refractivity contribution in [2.75, 3.05) is 5.32 Å². The summed E-state index contributed by atoms with van der Waals surface area (Å²) in [5.41, 5.74) is 0.0874. The summed E-state index contributed by atoms with van der Waals surface area (Å²) >= 11 is 0. The SMILES string of the molecule is CC(Nc1cc([N+](=O)[O-])ccc1C#N)C(=O)O. The molecule has 0 aliphatic rings. The normalized spacial score (nSPS) is 11.3. The van der Waals surface area contributed by atoms with Crippen LogP contribution in [0.4, 0.5) is 11.4 Å². The van der Waals surface area contributed by atoms with Gasteiger partial charge in [-0.15, -0.1) is 0 Å². The first-order valence-electron chi connectivity index (χ1n) is 4.63.